The Morgan fingerprint density at radius 3 is 2.52 bits per heavy atom. The van der Waals surface area contributed by atoms with E-state index in [4.69, 9.17) is 27.0 Å². The van der Waals surface area contributed by atoms with Crippen molar-refractivity contribution in [3.63, 3.8) is 0 Å². The summed E-state index contributed by atoms with van der Waals surface area (Å²) < 4.78 is 63.5. The fourth-order valence-corrected chi connectivity index (χ4v) is 3.42. The third-order valence-electron chi connectivity index (χ3n) is 4.47. The number of halogens is 1. The Labute approximate surface area is 182 Å². The molecule has 0 aliphatic carbocycles. The van der Waals surface area contributed by atoms with Gasteiger partial charge in [-0.15, -0.1) is 0 Å². The maximum absolute atomic E-state index is 14.8. The van der Waals surface area contributed by atoms with E-state index in [1.807, 2.05) is 0 Å². The van der Waals surface area contributed by atoms with E-state index in [0.717, 1.165) is 23.1 Å². The molecule has 0 saturated carbocycles. The molecule has 2 aromatic rings. The van der Waals surface area contributed by atoms with Crippen molar-refractivity contribution in [1.29, 1.82) is 0 Å². The first-order valence-electron chi connectivity index (χ1n) is 11.3. The maximum Gasteiger partial charge on any atom is 0.259 e. The number of rotatable bonds is 3. The Bertz CT molecular complexity index is 1270. The topological polar surface area (TPSA) is 57.0 Å². The number of nitrogens with zero attached hydrogens (tertiary/aromatic N) is 3. The molecule has 3 rings (SSSR count). The Kier molecular flexibility index (Phi) is 3.45. The second-order valence-corrected chi connectivity index (χ2v) is 6.66. The lowest BCUT2D eigenvalue weighted by atomic mass is 10.0. The maximum atomic E-state index is 14.8. The molecule has 0 unspecified atom stereocenters. The van der Waals surface area contributed by atoms with Crippen LogP contribution in [0.15, 0.2) is 36.4 Å². The summed E-state index contributed by atoms with van der Waals surface area (Å²) in [5, 5.41) is 1.74. The summed E-state index contributed by atoms with van der Waals surface area (Å²) in [5.74, 6) is -3.19. The molecule has 29 heavy (non-hydrogen) atoms. The van der Waals surface area contributed by atoms with E-state index in [-0.39, 0.29) is 22.6 Å². The molecule has 2 amide bonds. The van der Waals surface area contributed by atoms with E-state index in [0.29, 0.717) is 10.5 Å². The van der Waals surface area contributed by atoms with Crippen LogP contribution in [0.3, 0.4) is 0 Å². The van der Waals surface area contributed by atoms with Crippen molar-refractivity contribution in [1.82, 2.24) is 5.32 Å². The molecule has 1 aliphatic heterocycles. The van der Waals surface area contributed by atoms with E-state index >= 15 is 0 Å². The lowest BCUT2D eigenvalue weighted by molar-refractivity contribution is -0.120. The van der Waals surface area contributed by atoms with Gasteiger partial charge < -0.3 is 10.2 Å². The number of thiocarbonyl (C=S) groups is 1. The first kappa shape index (κ1) is 13.8. The molecule has 0 spiro atoms. The number of benzene rings is 2. The number of hydrogen-bond donors (Lipinski definition) is 1. The average molecular weight is 417 g/mol. The number of hydrogen-bond acceptors (Lipinski definition) is 3. The second kappa shape index (κ2) is 7.26. The van der Waals surface area contributed by atoms with Gasteiger partial charge in [-0.3, -0.25) is 14.5 Å². The number of carbonyl (C=O) groups excluding carboxylic acids is 2. The minimum atomic E-state index is -3.45. The van der Waals surface area contributed by atoms with E-state index in [1.165, 1.54) is 25.2 Å². The molecule has 8 heteroatoms. The van der Waals surface area contributed by atoms with Crippen molar-refractivity contribution in [2.75, 3.05) is 16.8 Å². The van der Waals surface area contributed by atoms with Gasteiger partial charge in [0.1, 0.15) is 11.4 Å². The van der Waals surface area contributed by atoms with Crippen LogP contribution in [-0.4, -0.2) is 29.5 Å². The van der Waals surface area contributed by atoms with E-state index < -0.39 is 42.0 Å². The normalized spacial score (nSPS) is 19.4. The predicted octanol–water partition coefficient (Wildman–Crippen LogP) is 3.96. The van der Waals surface area contributed by atoms with Gasteiger partial charge in [-0.2, -0.15) is 0 Å². The summed E-state index contributed by atoms with van der Waals surface area (Å²) in [6.07, 6.45) is 0. The van der Waals surface area contributed by atoms with Crippen LogP contribution in [0.4, 0.5) is 21.5 Å². The molecular formula is C21H19FN4O2S. The third kappa shape index (κ3) is 3.23. The largest absolute Gasteiger partial charge is 0.355 e. The standard InChI is InChI=1S/C21H19FN4O2S/c1-12-10-13(7-9-17(12)23-4)25-19(28)21(2,3)26(20(25)29)14-6-8-15(16(22)11-14)18(27)24-5/h6-11H,1-3,5H3,(H,24,27)/i2D3,3D3. The highest BCUT2D eigenvalue weighted by Gasteiger charge is 2.50. The SMILES string of the molecule is [2H]C([2H])([2H])C1(C([2H])([2H])[2H])C(=O)N(c2ccc([N+]#[C-])c(C)c2)C(=S)N1c1ccc(C(=O)NC)c(F)c1. The van der Waals surface area contributed by atoms with Crippen LogP contribution in [0.2, 0.25) is 0 Å². The molecule has 0 atom stereocenters. The Morgan fingerprint density at radius 1 is 1.28 bits per heavy atom. The molecule has 0 radical (unpaired) electrons. The molecule has 1 aliphatic rings. The van der Waals surface area contributed by atoms with Gasteiger partial charge in [0.05, 0.1) is 12.1 Å². The van der Waals surface area contributed by atoms with Gasteiger partial charge in [0, 0.05) is 26.6 Å². The van der Waals surface area contributed by atoms with Gasteiger partial charge >= 0.3 is 0 Å². The van der Waals surface area contributed by atoms with Crippen LogP contribution in [0.25, 0.3) is 4.85 Å². The molecule has 2 aromatic carbocycles. The van der Waals surface area contributed by atoms with Crippen molar-refractivity contribution in [3.05, 3.63) is 64.8 Å². The van der Waals surface area contributed by atoms with Crippen molar-refractivity contribution in [2.24, 2.45) is 0 Å². The highest BCUT2D eigenvalue weighted by atomic mass is 32.1. The van der Waals surface area contributed by atoms with Crippen LogP contribution < -0.4 is 15.1 Å². The quantitative estimate of drug-likeness (QED) is 0.608. The van der Waals surface area contributed by atoms with Crippen LogP contribution in [0.1, 0.15) is 37.8 Å². The Hall–Kier alpha value is -3.31. The molecule has 0 aromatic heterocycles. The molecule has 1 saturated heterocycles. The monoisotopic (exact) mass is 416 g/mol. The zero-order chi connectivity index (χ0) is 26.5. The minimum absolute atomic E-state index is 0.0488. The van der Waals surface area contributed by atoms with Gasteiger partial charge in [0.15, 0.2) is 10.8 Å². The first-order chi connectivity index (χ1) is 16.1. The summed E-state index contributed by atoms with van der Waals surface area (Å²) in [7, 11) is 1.29. The minimum Gasteiger partial charge on any atom is -0.355 e. The first-order valence-corrected chi connectivity index (χ1v) is 8.72. The summed E-state index contributed by atoms with van der Waals surface area (Å²) in [4.78, 5) is 30.4. The van der Waals surface area contributed by atoms with Crippen molar-refractivity contribution >= 4 is 46.2 Å². The van der Waals surface area contributed by atoms with E-state index in [1.54, 1.807) is 6.92 Å². The number of carbonyl (C=O) groups is 2. The van der Waals surface area contributed by atoms with Crippen molar-refractivity contribution in [2.45, 2.75) is 26.2 Å². The highest BCUT2D eigenvalue weighted by molar-refractivity contribution is 7.81. The summed E-state index contributed by atoms with van der Waals surface area (Å²) in [6.45, 7) is 1.89. The van der Waals surface area contributed by atoms with Crippen molar-refractivity contribution in [3.8, 4) is 0 Å². The molecule has 6 nitrogen and oxygen atoms in total. The lowest BCUT2D eigenvalue weighted by Gasteiger charge is -2.29. The smallest absolute Gasteiger partial charge is 0.259 e. The van der Waals surface area contributed by atoms with Crippen molar-refractivity contribution < 1.29 is 22.2 Å². The fourth-order valence-electron chi connectivity index (χ4n) is 2.99. The van der Waals surface area contributed by atoms with Crippen LogP contribution in [0, 0.1) is 19.3 Å². The summed E-state index contributed by atoms with van der Waals surface area (Å²) in [5.41, 5.74) is -3.13. The zero-order valence-electron chi connectivity index (χ0n) is 21.4. The third-order valence-corrected chi connectivity index (χ3v) is 4.84. The number of nitrogens with one attached hydrogen (secondary N) is 1. The van der Waals surface area contributed by atoms with Crippen LogP contribution in [0.5, 0.6) is 0 Å². The predicted molar refractivity (Wildman–Crippen MR) is 114 cm³/mol. The summed E-state index contributed by atoms with van der Waals surface area (Å²) in [6, 6.07) is 7.05. The van der Waals surface area contributed by atoms with Gasteiger partial charge in [0.25, 0.3) is 11.8 Å². The molecule has 1 heterocycles. The van der Waals surface area contributed by atoms with Crippen LogP contribution in [-0.2, 0) is 4.79 Å². The zero-order valence-corrected chi connectivity index (χ0v) is 16.2. The fraction of sp³-hybridized carbons (Fsp3) is 0.238. The van der Waals surface area contributed by atoms with Gasteiger partial charge in [-0.1, -0.05) is 6.07 Å². The molecule has 0 bridgehead atoms. The van der Waals surface area contributed by atoms with Gasteiger partial charge in [0.2, 0.25) is 0 Å². The molecular weight excluding hydrogens is 391 g/mol. The molecule has 1 N–H and O–H groups in total. The van der Waals surface area contributed by atoms with Gasteiger partial charge in [-0.25, -0.2) is 9.24 Å². The number of amides is 2. The number of aryl methyl sites for hydroxylation is 1. The van der Waals surface area contributed by atoms with Gasteiger partial charge in [-0.05, 0) is 68.7 Å². The Morgan fingerprint density at radius 2 is 1.97 bits per heavy atom. The summed E-state index contributed by atoms with van der Waals surface area (Å²) >= 11 is 5.41. The van der Waals surface area contributed by atoms with E-state index in [2.05, 4.69) is 10.2 Å². The second-order valence-electron chi connectivity index (χ2n) is 6.29. The van der Waals surface area contributed by atoms with Crippen LogP contribution >= 0.6 is 12.2 Å². The molecule has 148 valence electrons. The highest BCUT2D eigenvalue weighted by Crippen LogP contribution is 2.37. The molecule has 1 fully saturated rings. The number of anilines is 2. The lowest BCUT2D eigenvalue weighted by Crippen LogP contribution is -2.44. The Balaban J connectivity index is 2.34. The average Bonchev–Trinajstić information content (AvgIpc) is 3.00. The van der Waals surface area contributed by atoms with E-state index in [9.17, 15) is 14.0 Å².